The van der Waals surface area contributed by atoms with Crippen molar-refractivity contribution in [2.75, 3.05) is 14.2 Å². The molecule has 5 heteroatoms. The number of ether oxygens (including phenoxy) is 3. The summed E-state index contributed by atoms with van der Waals surface area (Å²) < 4.78 is 16.1. The molecule has 126 valence electrons. The average molecular weight is 336 g/mol. The third-order valence-corrected chi connectivity index (χ3v) is 4.44. The lowest BCUT2D eigenvalue weighted by Crippen LogP contribution is -2.20. The van der Waals surface area contributed by atoms with Gasteiger partial charge in [-0.3, -0.25) is 0 Å². The number of carbonyl (C=O) groups is 1. The standard InChI is InChI=1S/C20H16O5/c1-23-18-15(21)10-14-16-13(19(22)25-20(14)24-2)9-8-12(17(16)18)11-6-4-3-5-7-11/h3-10,20-21H,1-2H3. The Bertz CT molecular complexity index is 979. The van der Waals surface area contributed by atoms with Gasteiger partial charge in [0.15, 0.2) is 11.5 Å². The summed E-state index contributed by atoms with van der Waals surface area (Å²) in [6.45, 7) is 0. The van der Waals surface area contributed by atoms with Gasteiger partial charge in [0, 0.05) is 23.4 Å². The molecule has 1 N–H and O–H groups in total. The summed E-state index contributed by atoms with van der Waals surface area (Å²) in [5.74, 6) is -0.167. The summed E-state index contributed by atoms with van der Waals surface area (Å²) in [6.07, 6.45) is -0.870. The highest BCUT2D eigenvalue weighted by molar-refractivity contribution is 6.14. The first-order chi connectivity index (χ1) is 12.2. The molecule has 0 bridgehead atoms. The van der Waals surface area contributed by atoms with Crippen LogP contribution in [0.5, 0.6) is 11.5 Å². The number of hydrogen-bond acceptors (Lipinski definition) is 5. The first-order valence-corrected chi connectivity index (χ1v) is 7.81. The molecule has 4 rings (SSSR count). The number of cyclic esters (lactones) is 1. The van der Waals surface area contributed by atoms with Gasteiger partial charge in [-0.1, -0.05) is 36.4 Å². The number of phenolic OH excluding ortho intramolecular Hbond substituents is 1. The first-order valence-electron chi connectivity index (χ1n) is 7.81. The van der Waals surface area contributed by atoms with E-state index in [2.05, 4.69) is 0 Å². The number of benzene rings is 3. The third-order valence-electron chi connectivity index (χ3n) is 4.44. The fourth-order valence-corrected chi connectivity index (χ4v) is 3.37. The Kier molecular flexibility index (Phi) is 3.58. The predicted molar refractivity (Wildman–Crippen MR) is 92.8 cm³/mol. The van der Waals surface area contributed by atoms with E-state index in [9.17, 15) is 9.90 Å². The summed E-state index contributed by atoms with van der Waals surface area (Å²) in [5, 5.41) is 11.8. The molecule has 5 nitrogen and oxygen atoms in total. The van der Waals surface area contributed by atoms with Crippen LogP contribution >= 0.6 is 0 Å². The second-order valence-corrected chi connectivity index (χ2v) is 5.77. The summed E-state index contributed by atoms with van der Waals surface area (Å²) in [4.78, 5) is 12.4. The van der Waals surface area contributed by atoms with Crippen LogP contribution in [0.1, 0.15) is 22.2 Å². The van der Waals surface area contributed by atoms with Gasteiger partial charge >= 0.3 is 5.97 Å². The topological polar surface area (TPSA) is 65.0 Å². The molecular weight excluding hydrogens is 320 g/mol. The van der Waals surface area contributed by atoms with Crippen molar-refractivity contribution >= 4 is 16.7 Å². The monoisotopic (exact) mass is 336 g/mol. The van der Waals surface area contributed by atoms with Crippen molar-refractivity contribution in [3.05, 3.63) is 59.7 Å². The molecule has 1 atom stereocenters. The van der Waals surface area contributed by atoms with Crippen LogP contribution in [0.25, 0.3) is 21.9 Å². The van der Waals surface area contributed by atoms with Crippen LogP contribution < -0.4 is 4.74 Å². The largest absolute Gasteiger partial charge is 0.504 e. The Morgan fingerprint density at radius 1 is 1.00 bits per heavy atom. The number of phenols is 1. The SMILES string of the molecule is COc1c(O)cc2c3c(ccc(-c4ccccc4)c13)C(=O)OC2OC. The highest BCUT2D eigenvalue weighted by Gasteiger charge is 2.32. The zero-order chi connectivity index (χ0) is 17.6. The molecule has 0 spiro atoms. The number of esters is 1. The summed E-state index contributed by atoms with van der Waals surface area (Å²) in [5.41, 5.74) is 2.84. The lowest BCUT2D eigenvalue weighted by Gasteiger charge is -2.26. The summed E-state index contributed by atoms with van der Waals surface area (Å²) in [6, 6.07) is 14.8. The van der Waals surface area contributed by atoms with E-state index in [0.29, 0.717) is 27.6 Å². The molecule has 0 saturated carbocycles. The van der Waals surface area contributed by atoms with E-state index in [0.717, 1.165) is 11.1 Å². The quantitative estimate of drug-likeness (QED) is 0.731. The van der Waals surface area contributed by atoms with Gasteiger partial charge in [0.2, 0.25) is 6.29 Å². The van der Waals surface area contributed by atoms with Gasteiger partial charge in [0.1, 0.15) is 0 Å². The van der Waals surface area contributed by atoms with Crippen LogP contribution in [-0.2, 0) is 9.47 Å². The lowest BCUT2D eigenvalue weighted by molar-refractivity contribution is -0.0940. The maximum atomic E-state index is 12.4. The lowest BCUT2D eigenvalue weighted by atomic mass is 9.89. The normalized spacial score (nSPS) is 15.9. The van der Waals surface area contributed by atoms with Crippen LogP contribution in [0.2, 0.25) is 0 Å². The van der Waals surface area contributed by atoms with Gasteiger partial charge in [0.25, 0.3) is 0 Å². The van der Waals surface area contributed by atoms with Crippen molar-refractivity contribution in [2.24, 2.45) is 0 Å². The van der Waals surface area contributed by atoms with Crippen LogP contribution in [-0.4, -0.2) is 25.3 Å². The second-order valence-electron chi connectivity index (χ2n) is 5.77. The van der Waals surface area contributed by atoms with Gasteiger partial charge in [0.05, 0.1) is 12.7 Å². The van der Waals surface area contributed by atoms with Crippen LogP contribution in [0.3, 0.4) is 0 Å². The van der Waals surface area contributed by atoms with Crippen molar-refractivity contribution in [1.82, 2.24) is 0 Å². The number of aromatic hydroxyl groups is 1. The summed E-state index contributed by atoms with van der Waals surface area (Å²) in [7, 11) is 2.95. The van der Waals surface area contributed by atoms with Gasteiger partial charge < -0.3 is 19.3 Å². The Balaban J connectivity index is 2.18. The number of carbonyl (C=O) groups excluding carboxylic acids is 1. The van der Waals surface area contributed by atoms with Gasteiger partial charge in [-0.15, -0.1) is 0 Å². The van der Waals surface area contributed by atoms with Crippen LogP contribution in [0.4, 0.5) is 0 Å². The minimum atomic E-state index is -0.870. The number of rotatable bonds is 3. The highest BCUT2D eigenvalue weighted by Crippen LogP contribution is 2.47. The molecule has 1 heterocycles. The molecule has 0 aromatic heterocycles. The molecule has 0 amide bonds. The minimum Gasteiger partial charge on any atom is -0.504 e. The zero-order valence-electron chi connectivity index (χ0n) is 13.8. The molecule has 3 aromatic rings. The maximum absolute atomic E-state index is 12.4. The van der Waals surface area contributed by atoms with Crippen molar-refractivity contribution in [2.45, 2.75) is 6.29 Å². The van der Waals surface area contributed by atoms with E-state index in [1.807, 2.05) is 36.4 Å². The smallest absolute Gasteiger partial charge is 0.341 e. The molecule has 3 aromatic carbocycles. The van der Waals surface area contributed by atoms with E-state index in [1.54, 1.807) is 6.07 Å². The van der Waals surface area contributed by atoms with Crippen LogP contribution in [0, 0.1) is 0 Å². The maximum Gasteiger partial charge on any atom is 0.341 e. The molecule has 1 aliphatic heterocycles. The van der Waals surface area contributed by atoms with E-state index >= 15 is 0 Å². The first kappa shape index (κ1) is 15.5. The van der Waals surface area contributed by atoms with E-state index in [-0.39, 0.29) is 5.75 Å². The van der Waals surface area contributed by atoms with Crippen molar-refractivity contribution in [3.63, 3.8) is 0 Å². The summed E-state index contributed by atoms with van der Waals surface area (Å²) >= 11 is 0. The molecule has 0 aliphatic carbocycles. The molecule has 0 fully saturated rings. The zero-order valence-corrected chi connectivity index (χ0v) is 13.8. The van der Waals surface area contributed by atoms with Crippen LogP contribution in [0.15, 0.2) is 48.5 Å². The van der Waals surface area contributed by atoms with Gasteiger partial charge in [-0.25, -0.2) is 4.79 Å². The highest BCUT2D eigenvalue weighted by atomic mass is 16.7. The van der Waals surface area contributed by atoms with Crippen molar-refractivity contribution in [1.29, 1.82) is 0 Å². The van der Waals surface area contributed by atoms with Crippen molar-refractivity contribution in [3.8, 4) is 22.6 Å². The van der Waals surface area contributed by atoms with E-state index in [4.69, 9.17) is 14.2 Å². The molecular formula is C20H16O5. The second kappa shape index (κ2) is 5.79. The number of methoxy groups -OCH3 is 2. The fourth-order valence-electron chi connectivity index (χ4n) is 3.37. The Morgan fingerprint density at radius 2 is 1.72 bits per heavy atom. The third kappa shape index (κ3) is 2.24. The van der Waals surface area contributed by atoms with E-state index in [1.165, 1.54) is 20.3 Å². The molecule has 1 aliphatic rings. The number of hydrogen-bond donors (Lipinski definition) is 1. The van der Waals surface area contributed by atoms with Crippen molar-refractivity contribution < 1.29 is 24.1 Å². The van der Waals surface area contributed by atoms with E-state index < -0.39 is 12.3 Å². The molecule has 1 unspecified atom stereocenters. The predicted octanol–water partition coefficient (Wildman–Crippen LogP) is 4.04. The van der Waals surface area contributed by atoms with Gasteiger partial charge in [-0.2, -0.15) is 0 Å². The Morgan fingerprint density at radius 3 is 2.40 bits per heavy atom. The van der Waals surface area contributed by atoms with Gasteiger partial charge in [-0.05, 0) is 23.3 Å². The fraction of sp³-hybridized carbons (Fsp3) is 0.150. The Hall–Kier alpha value is -3.05. The molecule has 25 heavy (non-hydrogen) atoms. The minimum absolute atomic E-state index is 0.0284. The molecule has 0 saturated heterocycles. The Labute approximate surface area is 144 Å². The average Bonchev–Trinajstić information content (AvgIpc) is 2.64. The molecule has 0 radical (unpaired) electrons.